The Bertz CT molecular complexity index is 651. The fraction of sp³-hybridized carbons (Fsp3) is 0.632. The average molecular weight is 510 g/mol. The van der Waals surface area contributed by atoms with Crippen LogP contribution in [0, 0.1) is 0 Å². The number of sulfonamides is 1. The maximum absolute atomic E-state index is 11.4. The summed E-state index contributed by atoms with van der Waals surface area (Å²) in [5.74, 6) is 0.750. The van der Waals surface area contributed by atoms with E-state index in [1.165, 1.54) is 44.6 Å². The Morgan fingerprint density at radius 3 is 2.33 bits per heavy atom. The molecule has 1 aromatic rings. The van der Waals surface area contributed by atoms with Crippen molar-refractivity contribution in [2.24, 2.45) is 10.1 Å². The van der Waals surface area contributed by atoms with Crippen molar-refractivity contribution < 1.29 is 8.42 Å². The number of unbranched alkanes of at least 4 members (excludes halogenated alkanes) is 6. The lowest BCUT2D eigenvalue weighted by atomic mass is 10.1. The van der Waals surface area contributed by atoms with Crippen molar-refractivity contribution in [2.75, 3.05) is 13.1 Å². The highest BCUT2D eigenvalue weighted by atomic mass is 127. The molecular formula is C19H35IN4O2S. The lowest BCUT2D eigenvalue weighted by Crippen LogP contribution is -2.37. The molecule has 8 heteroatoms. The zero-order chi connectivity index (χ0) is 19.3. The minimum atomic E-state index is -3.68. The van der Waals surface area contributed by atoms with Gasteiger partial charge in [-0.25, -0.2) is 18.5 Å². The van der Waals surface area contributed by atoms with E-state index in [4.69, 9.17) is 5.14 Å². The molecule has 4 N–H and O–H groups in total. The molecule has 6 nitrogen and oxygen atoms in total. The lowest BCUT2D eigenvalue weighted by molar-refractivity contribution is 0.584. The van der Waals surface area contributed by atoms with Crippen LogP contribution < -0.4 is 15.8 Å². The van der Waals surface area contributed by atoms with E-state index in [-0.39, 0.29) is 28.9 Å². The molecule has 0 amide bonds. The van der Waals surface area contributed by atoms with Crippen molar-refractivity contribution in [3.05, 3.63) is 29.8 Å². The van der Waals surface area contributed by atoms with Gasteiger partial charge in [0, 0.05) is 13.1 Å². The predicted molar refractivity (Wildman–Crippen MR) is 124 cm³/mol. The van der Waals surface area contributed by atoms with Crippen LogP contribution in [0.4, 0.5) is 0 Å². The maximum Gasteiger partial charge on any atom is 0.238 e. The first-order chi connectivity index (χ1) is 12.5. The first-order valence-electron chi connectivity index (χ1n) is 9.61. The molecule has 0 fully saturated rings. The van der Waals surface area contributed by atoms with E-state index >= 15 is 0 Å². The highest BCUT2D eigenvalue weighted by molar-refractivity contribution is 14.0. The van der Waals surface area contributed by atoms with Crippen LogP contribution >= 0.6 is 24.0 Å². The third-order valence-corrected chi connectivity index (χ3v) is 4.97. The normalized spacial score (nSPS) is 11.7. The number of guanidine groups is 1. The molecule has 0 unspecified atom stereocenters. The second-order valence-electron chi connectivity index (χ2n) is 6.44. The van der Waals surface area contributed by atoms with Gasteiger partial charge in [0.2, 0.25) is 10.0 Å². The third-order valence-electron chi connectivity index (χ3n) is 4.06. The Labute approximate surface area is 181 Å². The summed E-state index contributed by atoms with van der Waals surface area (Å²) < 4.78 is 22.9. The lowest BCUT2D eigenvalue weighted by Gasteiger charge is -2.11. The van der Waals surface area contributed by atoms with Gasteiger partial charge in [0.05, 0.1) is 11.4 Å². The van der Waals surface area contributed by atoms with Crippen molar-refractivity contribution in [3.8, 4) is 0 Å². The van der Waals surface area contributed by atoms with Gasteiger partial charge in [-0.3, -0.25) is 0 Å². The summed E-state index contributed by atoms with van der Waals surface area (Å²) in [4.78, 5) is 4.64. The standard InChI is InChI=1S/C19H34N4O2S.HI/c1-3-5-6-7-8-9-10-14-22-19(21-4-2)23-16-17-12-11-13-18(15-17)26(20,24)25;/h11-13,15H,3-10,14,16H2,1-2H3,(H2,20,24,25)(H2,21,22,23);1H. The SMILES string of the molecule is CCCCCCCCCNC(=NCc1cccc(S(N)(=O)=O)c1)NCC.I. The third kappa shape index (κ3) is 12.2. The molecule has 0 aliphatic rings. The molecule has 1 aromatic carbocycles. The van der Waals surface area contributed by atoms with Gasteiger partial charge in [-0.2, -0.15) is 0 Å². The van der Waals surface area contributed by atoms with Gasteiger partial charge in [0.25, 0.3) is 0 Å². The molecule has 0 saturated carbocycles. The van der Waals surface area contributed by atoms with Crippen LogP contribution in [-0.2, 0) is 16.6 Å². The van der Waals surface area contributed by atoms with E-state index in [1.54, 1.807) is 12.1 Å². The number of halogens is 1. The topological polar surface area (TPSA) is 96.6 Å². The molecule has 0 aromatic heterocycles. The Hall–Kier alpha value is -0.870. The fourth-order valence-corrected chi connectivity index (χ4v) is 3.21. The minimum Gasteiger partial charge on any atom is -0.357 e. The van der Waals surface area contributed by atoms with Gasteiger partial charge >= 0.3 is 0 Å². The van der Waals surface area contributed by atoms with E-state index in [2.05, 4.69) is 22.5 Å². The number of hydrogen-bond donors (Lipinski definition) is 3. The molecule has 1 rings (SSSR count). The Morgan fingerprint density at radius 2 is 1.70 bits per heavy atom. The first kappa shape index (κ1) is 26.1. The molecule has 0 atom stereocenters. The van der Waals surface area contributed by atoms with Crippen LogP contribution in [0.25, 0.3) is 0 Å². The number of nitrogens with zero attached hydrogens (tertiary/aromatic N) is 1. The Kier molecular flexibility index (Phi) is 14.6. The van der Waals surface area contributed by atoms with E-state index in [0.29, 0.717) is 6.54 Å². The monoisotopic (exact) mass is 510 g/mol. The van der Waals surface area contributed by atoms with Crippen LogP contribution in [0.1, 0.15) is 64.4 Å². The Balaban J connectivity index is 0.00000676. The van der Waals surface area contributed by atoms with E-state index in [0.717, 1.165) is 31.0 Å². The number of nitrogens with one attached hydrogen (secondary N) is 2. The van der Waals surface area contributed by atoms with Crippen LogP contribution in [0.15, 0.2) is 34.2 Å². The van der Waals surface area contributed by atoms with E-state index in [9.17, 15) is 8.42 Å². The van der Waals surface area contributed by atoms with Crippen molar-refractivity contribution >= 4 is 40.0 Å². The highest BCUT2D eigenvalue weighted by Gasteiger charge is 2.07. The van der Waals surface area contributed by atoms with Crippen molar-refractivity contribution in [1.82, 2.24) is 10.6 Å². The molecule has 0 aliphatic heterocycles. The quantitative estimate of drug-likeness (QED) is 0.173. The summed E-state index contributed by atoms with van der Waals surface area (Å²) in [5, 5.41) is 11.7. The van der Waals surface area contributed by atoms with Crippen LogP contribution in [0.5, 0.6) is 0 Å². The molecule has 0 heterocycles. The van der Waals surface area contributed by atoms with Gasteiger partial charge in [-0.1, -0.05) is 57.6 Å². The summed E-state index contributed by atoms with van der Waals surface area (Å²) in [6, 6.07) is 6.59. The highest BCUT2D eigenvalue weighted by Crippen LogP contribution is 2.10. The molecule has 0 spiro atoms. The zero-order valence-electron chi connectivity index (χ0n) is 16.5. The molecule has 27 heavy (non-hydrogen) atoms. The van der Waals surface area contributed by atoms with Crippen LogP contribution in [0.3, 0.4) is 0 Å². The molecule has 0 radical (unpaired) electrons. The fourth-order valence-electron chi connectivity index (χ4n) is 2.62. The first-order valence-corrected chi connectivity index (χ1v) is 11.2. The van der Waals surface area contributed by atoms with E-state index in [1.807, 2.05) is 13.0 Å². The number of primary sulfonamides is 1. The number of nitrogens with two attached hydrogens (primary N) is 1. The molecular weight excluding hydrogens is 475 g/mol. The number of rotatable bonds is 12. The smallest absolute Gasteiger partial charge is 0.238 e. The van der Waals surface area contributed by atoms with Gasteiger partial charge < -0.3 is 10.6 Å². The summed E-state index contributed by atoms with van der Waals surface area (Å²) in [7, 11) is -3.68. The van der Waals surface area contributed by atoms with Crippen LogP contribution in [-0.4, -0.2) is 27.5 Å². The summed E-state index contributed by atoms with van der Waals surface area (Å²) in [5.41, 5.74) is 0.810. The molecule has 156 valence electrons. The summed E-state index contributed by atoms with van der Waals surface area (Å²) >= 11 is 0. The Morgan fingerprint density at radius 1 is 1.04 bits per heavy atom. The molecule has 0 aliphatic carbocycles. The number of hydrogen-bond acceptors (Lipinski definition) is 3. The number of benzene rings is 1. The predicted octanol–water partition coefficient (Wildman–Crippen LogP) is 3.76. The molecule has 0 bridgehead atoms. The molecule has 0 saturated heterocycles. The van der Waals surface area contributed by atoms with Gasteiger partial charge in [0.1, 0.15) is 0 Å². The van der Waals surface area contributed by atoms with Crippen molar-refractivity contribution in [2.45, 2.75) is 70.2 Å². The summed E-state index contributed by atoms with van der Waals surface area (Å²) in [6.07, 6.45) is 8.92. The zero-order valence-corrected chi connectivity index (χ0v) is 19.7. The number of aliphatic imine (C=N–C) groups is 1. The second-order valence-corrected chi connectivity index (χ2v) is 8.00. The van der Waals surface area contributed by atoms with Gasteiger partial charge in [-0.15, -0.1) is 24.0 Å². The summed E-state index contributed by atoms with van der Waals surface area (Å²) in [6.45, 7) is 6.32. The average Bonchev–Trinajstić information content (AvgIpc) is 2.61. The maximum atomic E-state index is 11.4. The van der Waals surface area contributed by atoms with Gasteiger partial charge in [-0.05, 0) is 31.0 Å². The largest absolute Gasteiger partial charge is 0.357 e. The minimum absolute atomic E-state index is 0. The van der Waals surface area contributed by atoms with Crippen molar-refractivity contribution in [1.29, 1.82) is 0 Å². The van der Waals surface area contributed by atoms with Gasteiger partial charge in [0.15, 0.2) is 5.96 Å². The second kappa shape index (κ2) is 15.1. The van der Waals surface area contributed by atoms with Crippen LogP contribution in [0.2, 0.25) is 0 Å². The van der Waals surface area contributed by atoms with Crippen molar-refractivity contribution in [3.63, 3.8) is 0 Å². The van der Waals surface area contributed by atoms with E-state index < -0.39 is 10.0 Å².